The fraction of sp³-hybridized carbons (Fsp3) is 0.667. The first kappa shape index (κ1) is 14.8. The van der Waals surface area contributed by atoms with Gasteiger partial charge in [-0.15, -0.1) is 0 Å². The Morgan fingerprint density at radius 1 is 1.30 bits per heavy atom. The molecule has 0 bridgehead atoms. The van der Waals surface area contributed by atoms with Gasteiger partial charge in [0.05, 0.1) is 6.10 Å². The average Bonchev–Trinajstić information content (AvgIpc) is 2.46. The number of aromatic nitrogens is 2. The Morgan fingerprint density at radius 2 is 1.95 bits per heavy atom. The maximum Gasteiger partial charge on any atom is 0.451 e. The van der Waals surface area contributed by atoms with Gasteiger partial charge in [0.1, 0.15) is 11.6 Å². The summed E-state index contributed by atoms with van der Waals surface area (Å²) in [5.41, 5.74) is 0. The molecule has 2 heterocycles. The fourth-order valence-corrected chi connectivity index (χ4v) is 2.17. The van der Waals surface area contributed by atoms with E-state index in [9.17, 15) is 13.2 Å². The van der Waals surface area contributed by atoms with Crippen molar-refractivity contribution in [3.8, 4) is 0 Å². The van der Waals surface area contributed by atoms with Gasteiger partial charge in [-0.3, -0.25) is 0 Å². The first-order valence-corrected chi connectivity index (χ1v) is 6.36. The van der Waals surface area contributed by atoms with Crippen LogP contribution in [-0.2, 0) is 10.9 Å². The summed E-state index contributed by atoms with van der Waals surface area (Å²) < 4.78 is 43.6. The highest BCUT2D eigenvalue weighted by atomic mass is 19.4. The topological polar surface area (TPSA) is 50.3 Å². The van der Waals surface area contributed by atoms with Crippen LogP contribution in [0.2, 0.25) is 0 Å². The van der Waals surface area contributed by atoms with Crippen molar-refractivity contribution in [2.45, 2.75) is 25.1 Å². The normalized spacial score (nSPS) is 17.4. The number of nitrogens with zero attached hydrogens (tertiary/aromatic N) is 3. The summed E-state index contributed by atoms with van der Waals surface area (Å²) in [7, 11) is 3.18. The van der Waals surface area contributed by atoms with Crippen LogP contribution in [0.1, 0.15) is 18.7 Å². The second-order valence-corrected chi connectivity index (χ2v) is 4.60. The summed E-state index contributed by atoms with van der Waals surface area (Å²) >= 11 is 0. The molecule has 1 saturated heterocycles. The van der Waals surface area contributed by atoms with E-state index in [0.29, 0.717) is 18.9 Å². The molecule has 1 aromatic heterocycles. The van der Waals surface area contributed by atoms with Crippen molar-refractivity contribution in [3.05, 3.63) is 11.9 Å². The first-order valence-electron chi connectivity index (χ1n) is 6.36. The zero-order valence-corrected chi connectivity index (χ0v) is 11.4. The molecule has 5 nitrogen and oxygen atoms in total. The first-order chi connectivity index (χ1) is 9.44. The van der Waals surface area contributed by atoms with E-state index >= 15 is 0 Å². The molecule has 1 aromatic rings. The van der Waals surface area contributed by atoms with E-state index in [0.717, 1.165) is 12.8 Å². The number of hydrogen-bond acceptors (Lipinski definition) is 5. The molecule has 0 aromatic carbocycles. The Labute approximate surface area is 115 Å². The van der Waals surface area contributed by atoms with Crippen molar-refractivity contribution in [2.24, 2.45) is 0 Å². The van der Waals surface area contributed by atoms with Gasteiger partial charge in [0, 0.05) is 33.3 Å². The molecule has 0 aliphatic carbocycles. The van der Waals surface area contributed by atoms with Gasteiger partial charge in [0.2, 0.25) is 5.82 Å². The van der Waals surface area contributed by atoms with E-state index in [1.54, 1.807) is 7.11 Å². The quantitative estimate of drug-likeness (QED) is 0.924. The van der Waals surface area contributed by atoms with Crippen LogP contribution in [0, 0.1) is 0 Å². The van der Waals surface area contributed by atoms with Crippen LogP contribution in [-0.4, -0.2) is 43.3 Å². The van der Waals surface area contributed by atoms with E-state index in [1.165, 1.54) is 13.1 Å². The SMILES string of the molecule is CNc1cc(N2CCC(OC)CC2)nc(C(F)(F)F)n1. The van der Waals surface area contributed by atoms with Crippen molar-refractivity contribution < 1.29 is 17.9 Å². The minimum absolute atomic E-state index is 0.163. The third-order valence-electron chi connectivity index (χ3n) is 3.32. The van der Waals surface area contributed by atoms with Gasteiger partial charge in [-0.25, -0.2) is 9.97 Å². The number of rotatable bonds is 3. The van der Waals surface area contributed by atoms with Gasteiger partial charge in [-0.05, 0) is 12.8 Å². The number of hydrogen-bond donors (Lipinski definition) is 1. The van der Waals surface area contributed by atoms with Crippen LogP contribution in [0.15, 0.2) is 6.07 Å². The molecule has 0 amide bonds. The van der Waals surface area contributed by atoms with E-state index in [2.05, 4.69) is 15.3 Å². The van der Waals surface area contributed by atoms with Gasteiger partial charge in [-0.2, -0.15) is 13.2 Å². The summed E-state index contributed by atoms with van der Waals surface area (Å²) in [6.45, 7) is 1.24. The Hall–Kier alpha value is -1.57. The van der Waals surface area contributed by atoms with Crippen LogP contribution in [0.4, 0.5) is 24.8 Å². The highest BCUT2D eigenvalue weighted by molar-refractivity contribution is 5.49. The standard InChI is InChI=1S/C12H17F3N4O/c1-16-9-7-10(18-11(17-9)12(13,14)15)19-5-3-8(20-2)4-6-19/h7-8H,3-6H2,1-2H3,(H,16,17,18). The predicted octanol–water partition coefficient (Wildman–Crippen LogP) is 2.15. The zero-order valence-electron chi connectivity index (χ0n) is 11.4. The largest absolute Gasteiger partial charge is 0.451 e. The highest BCUT2D eigenvalue weighted by Crippen LogP contribution is 2.30. The van der Waals surface area contributed by atoms with Gasteiger partial charge in [0.15, 0.2) is 0 Å². The molecule has 2 rings (SSSR count). The number of halogens is 3. The molecule has 0 unspecified atom stereocenters. The molecule has 1 fully saturated rings. The van der Waals surface area contributed by atoms with Crippen LogP contribution < -0.4 is 10.2 Å². The Bertz CT molecular complexity index is 459. The number of anilines is 2. The summed E-state index contributed by atoms with van der Waals surface area (Å²) in [4.78, 5) is 8.91. The summed E-state index contributed by atoms with van der Waals surface area (Å²) in [6, 6.07) is 1.53. The number of alkyl halides is 3. The van der Waals surface area contributed by atoms with Crippen LogP contribution >= 0.6 is 0 Å². The molecular formula is C12H17F3N4O. The number of piperidine rings is 1. The van der Waals surface area contributed by atoms with Gasteiger partial charge in [0.25, 0.3) is 0 Å². The number of methoxy groups -OCH3 is 1. The zero-order chi connectivity index (χ0) is 14.8. The minimum Gasteiger partial charge on any atom is -0.381 e. The Balaban J connectivity index is 2.23. The molecule has 0 atom stereocenters. The molecule has 0 radical (unpaired) electrons. The van der Waals surface area contributed by atoms with E-state index in [1.807, 2.05) is 4.90 Å². The Kier molecular flexibility index (Phi) is 4.32. The van der Waals surface area contributed by atoms with Crippen LogP contribution in [0.3, 0.4) is 0 Å². The lowest BCUT2D eigenvalue weighted by Crippen LogP contribution is -2.37. The molecular weight excluding hydrogens is 273 g/mol. The van der Waals surface area contributed by atoms with Gasteiger partial charge in [-0.1, -0.05) is 0 Å². The van der Waals surface area contributed by atoms with Crippen molar-refractivity contribution >= 4 is 11.6 Å². The lowest BCUT2D eigenvalue weighted by atomic mass is 10.1. The van der Waals surface area contributed by atoms with Gasteiger partial charge >= 0.3 is 6.18 Å². The summed E-state index contributed by atoms with van der Waals surface area (Å²) in [6.07, 6.45) is -2.83. The monoisotopic (exact) mass is 290 g/mol. The highest BCUT2D eigenvalue weighted by Gasteiger charge is 2.36. The van der Waals surface area contributed by atoms with E-state index in [-0.39, 0.29) is 11.9 Å². The molecule has 20 heavy (non-hydrogen) atoms. The lowest BCUT2D eigenvalue weighted by Gasteiger charge is -2.32. The molecule has 8 heteroatoms. The van der Waals surface area contributed by atoms with Crippen molar-refractivity contribution in [1.29, 1.82) is 0 Å². The number of nitrogens with one attached hydrogen (secondary N) is 1. The molecule has 0 saturated carbocycles. The fourth-order valence-electron chi connectivity index (χ4n) is 2.17. The third kappa shape index (κ3) is 3.30. The molecule has 112 valence electrons. The summed E-state index contributed by atoms with van der Waals surface area (Å²) in [5, 5.41) is 2.64. The van der Waals surface area contributed by atoms with Crippen molar-refractivity contribution in [1.82, 2.24) is 9.97 Å². The maximum atomic E-state index is 12.8. The van der Waals surface area contributed by atoms with Crippen molar-refractivity contribution in [2.75, 3.05) is 37.5 Å². The molecule has 0 spiro atoms. The van der Waals surface area contributed by atoms with Crippen molar-refractivity contribution in [3.63, 3.8) is 0 Å². The lowest BCUT2D eigenvalue weighted by molar-refractivity contribution is -0.144. The molecule has 1 aliphatic rings. The smallest absolute Gasteiger partial charge is 0.381 e. The minimum atomic E-state index is -4.55. The third-order valence-corrected chi connectivity index (χ3v) is 3.32. The molecule has 1 aliphatic heterocycles. The molecule has 1 N–H and O–H groups in total. The van der Waals surface area contributed by atoms with E-state index < -0.39 is 12.0 Å². The average molecular weight is 290 g/mol. The summed E-state index contributed by atoms with van der Waals surface area (Å²) in [5.74, 6) is -0.657. The predicted molar refractivity (Wildman–Crippen MR) is 68.8 cm³/mol. The Morgan fingerprint density at radius 3 is 2.45 bits per heavy atom. The second-order valence-electron chi connectivity index (χ2n) is 4.60. The van der Waals surface area contributed by atoms with Crippen LogP contribution in [0.25, 0.3) is 0 Å². The van der Waals surface area contributed by atoms with Crippen LogP contribution in [0.5, 0.6) is 0 Å². The van der Waals surface area contributed by atoms with E-state index in [4.69, 9.17) is 4.74 Å². The maximum absolute atomic E-state index is 12.8. The van der Waals surface area contributed by atoms with Gasteiger partial charge < -0.3 is 15.0 Å². The second kappa shape index (κ2) is 5.82. The number of ether oxygens (including phenoxy) is 1.